The molecule has 10 rings (SSSR count). The van der Waals surface area contributed by atoms with Gasteiger partial charge in [0.15, 0.2) is 11.2 Å². The Morgan fingerprint density at radius 2 is 1.16 bits per heavy atom. The van der Waals surface area contributed by atoms with E-state index in [0.29, 0.717) is 11.8 Å². The molecule has 212 valence electrons. The monoisotopic (exact) mass is 615 g/mol. The van der Waals surface area contributed by atoms with Crippen LogP contribution in [-0.2, 0) is 0 Å². The summed E-state index contributed by atoms with van der Waals surface area (Å²) in [5, 5.41) is 2.58. The molecule has 1 aliphatic heterocycles. The number of hydrogen-bond donors (Lipinski definition) is 0. The molecular formula is C38H21N3O2S2. The van der Waals surface area contributed by atoms with E-state index in [-0.39, 0.29) is 0 Å². The number of aromatic nitrogens is 2. The highest BCUT2D eigenvalue weighted by Crippen LogP contribution is 2.54. The molecule has 0 aliphatic carbocycles. The summed E-state index contributed by atoms with van der Waals surface area (Å²) in [4.78, 5) is 14.2. The van der Waals surface area contributed by atoms with E-state index in [1.54, 1.807) is 11.8 Å². The van der Waals surface area contributed by atoms with Gasteiger partial charge in [-0.25, -0.2) is 9.97 Å². The molecule has 5 nitrogen and oxygen atoms in total. The first kappa shape index (κ1) is 25.0. The van der Waals surface area contributed by atoms with Gasteiger partial charge in [-0.2, -0.15) is 0 Å². The zero-order valence-electron chi connectivity index (χ0n) is 23.6. The van der Waals surface area contributed by atoms with Crippen LogP contribution in [0.4, 0.5) is 17.1 Å². The fourth-order valence-electron chi connectivity index (χ4n) is 6.18. The Labute approximate surface area is 265 Å². The second-order valence-electron chi connectivity index (χ2n) is 11.1. The summed E-state index contributed by atoms with van der Waals surface area (Å²) in [6.07, 6.45) is 0. The van der Waals surface area contributed by atoms with Crippen molar-refractivity contribution >= 4 is 82.5 Å². The van der Waals surface area contributed by atoms with Crippen LogP contribution in [-0.4, -0.2) is 9.97 Å². The van der Waals surface area contributed by atoms with Crippen LogP contribution in [0.5, 0.6) is 0 Å². The normalized spacial score (nSPS) is 12.8. The van der Waals surface area contributed by atoms with Gasteiger partial charge in [-0.05, 0) is 84.9 Å². The van der Waals surface area contributed by atoms with Crippen molar-refractivity contribution in [2.45, 2.75) is 9.79 Å². The lowest BCUT2D eigenvalue weighted by Gasteiger charge is -2.33. The van der Waals surface area contributed by atoms with Crippen molar-refractivity contribution in [3.8, 4) is 22.9 Å². The van der Waals surface area contributed by atoms with Crippen molar-refractivity contribution in [1.82, 2.24) is 9.97 Å². The SMILES string of the molecule is c1ccc2oc(-c3ccc(N4c5ccc(-c6nc7ccccc7o6)cc5Sc5cc6c(cc54)sc4ccccc46)cc3)nc2c1. The largest absolute Gasteiger partial charge is 0.436 e. The van der Waals surface area contributed by atoms with Crippen molar-refractivity contribution < 1.29 is 8.83 Å². The van der Waals surface area contributed by atoms with Crippen LogP contribution in [0.15, 0.2) is 146 Å². The van der Waals surface area contributed by atoms with Crippen LogP contribution in [0.2, 0.25) is 0 Å². The maximum absolute atomic E-state index is 6.15. The second kappa shape index (κ2) is 9.56. The van der Waals surface area contributed by atoms with E-state index in [4.69, 9.17) is 18.8 Å². The van der Waals surface area contributed by atoms with Gasteiger partial charge in [-0.3, -0.25) is 0 Å². The van der Waals surface area contributed by atoms with Gasteiger partial charge in [0.25, 0.3) is 0 Å². The summed E-state index contributed by atoms with van der Waals surface area (Å²) in [6, 6.07) is 44.1. The summed E-state index contributed by atoms with van der Waals surface area (Å²) < 4.78 is 14.8. The molecule has 4 heterocycles. The summed E-state index contributed by atoms with van der Waals surface area (Å²) in [6.45, 7) is 0. The number of oxazole rings is 2. The maximum atomic E-state index is 6.15. The van der Waals surface area contributed by atoms with Crippen LogP contribution in [0, 0.1) is 0 Å². The van der Waals surface area contributed by atoms with Crippen molar-refractivity contribution in [2.75, 3.05) is 4.90 Å². The van der Waals surface area contributed by atoms with Crippen molar-refractivity contribution in [1.29, 1.82) is 0 Å². The van der Waals surface area contributed by atoms with E-state index in [1.807, 2.05) is 59.9 Å². The van der Waals surface area contributed by atoms with Gasteiger partial charge >= 0.3 is 0 Å². The van der Waals surface area contributed by atoms with Gasteiger partial charge < -0.3 is 13.7 Å². The molecule has 0 radical (unpaired) electrons. The third-order valence-electron chi connectivity index (χ3n) is 8.33. The maximum Gasteiger partial charge on any atom is 0.227 e. The molecule has 6 aromatic carbocycles. The number of thiophene rings is 1. The van der Waals surface area contributed by atoms with Crippen LogP contribution in [0.1, 0.15) is 0 Å². The third kappa shape index (κ3) is 3.94. The Morgan fingerprint density at radius 1 is 0.511 bits per heavy atom. The molecule has 3 aromatic heterocycles. The summed E-state index contributed by atoms with van der Waals surface area (Å²) in [7, 11) is 0. The molecule has 0 fully saturated rings. The number of nitrogens with zero attached hydrogens (tertiary/aromatic N) is 3. The smallest absolute Gasteiger partial charge is 0.227 e. The van der Waals surface area contributed by atoms with E-state index in [9.17, 15) is 0 Å². The molecule has 1 aliphatic rings. The average Bonchev–Trinajstić information content (AvgIpc) is 3.81. The zero-order valence-corrected chi connectivity index (χ0v) is 25.2. The molecule has 0 amide bonds. The lowest BCUT2D eigenvalue weighted by Crippen LogP contribution is -2.14. The van der Waals surface area contributed by atoms with Gasteiger partial charge in [0, 0.05) is 46.8 Å². The molecule has 0 unspecified atom stereocenters. The number of hydrogen-bond acceptors (Lipinski definition) is 7. The van der Waals surface area contributed by atoms with Gasteiger partial charge in [0.05, 0.1) is 11.4 Å². The third-order valence-corrected chi connectivity index (χ3v) is 10.6. The van der Waals surface area contributed by atoms with E-state index in [0.717, 1.165) is 55.3 Å². The summed E-state index contributed by atoms with van der Waals surface area (Å²) >= 11 is 3.63. The standard InChI is InChI=1S/C38H21N3O2S2/c1-6-12-33-25(7-1)26-20-36-30(21-34(26)44-33)41(24-16-13-22(14-17-24)37-39-27-8-2-4-10-31(27)42-37)29-18-15-23(19-35(29)45-36)38-40-28-9-3-5-11-32(28)43-38/h1-21H. The quantitative estimate of drug-likeness (QED) is 0.197. The Hall–Kier alpha value is -5.37. The fourth-order valence-corrected chi connectivity index (χ4v) is 8.42. The number of benzene rings is 6. The molecule has 9 aromatic rings. The molecule has 7 heteroatoms. The first-order valence-corrected chi connectivity index (χ1v) is 16.3. The Morgan fingerprint density at radius 3 is 1.91 bits per heavy atom. The molecule has 0 N–H and O–H groups in total. The predicted octanol–water partition coefficient (Wildman–Crippen LogP) is 11.6. The molecule has 45 heavy (non-hydrogen) atoms. The highest BCUT2D eigenvalue weighted by Gasteiger charge is 2.27. The first-order valence-electron chi connectivity index (χ1n) is 14.6. The van der Waals surface area contributed by atoms with Gasteiger partial charge in [-0.15, -0.1) is 11.3 Å². The first-order chi connectivity index (χ1) is 22.2. The second-order valence-corrected chi connectivity index (χ2v) is 13.2. The highest BCUT2D eigenvalue weighted by atomic mass is 32.2. The minimum absolute atomic E-state index is 0.618. The highest BCUT2D eigenvalue weighted by molar-refractivity contribution is 7.99. The predicted molar refractivity (Wildman–Crippen MR) is 184 cm³/mol. The van der Waals surface area contributed by atoms with Gasteiger partial charge in [-0.1, -0.05) is 54.2 Å². The topological polar surface area (TPSA) is 55.3 Å². The van der Waals surface area contributed by atoms with E-state index in [2.05, 4.69) is 83.8 Å². The van der Waals surface area contributed by atoms with E-state index in [1.165, 1.54) is 25.1 Å². The molecule has 0 saturated carbocycles. The van der Waals surface area contributed by atoms with Gasteiger partial charge in [0.2, 0.25) is 11.8 Å². The molecule has 0 bridgehead atoms. The Kier molecular flexibility index (Phi) is 5.31. The van der Waals surface area contributed by atoms with Crippen LogP contribution in [0.3, 0.4) is 0 Å². The lowest BCUT2D eigenvalue weighted by molar-refractivity contribution is 0.619. The lowest BCUT2D eigenvalue weighted by atomic mass is 10.1. The van der Waals surface area contributed by atoms with E-state index < -0.39 is 0 Å². The van der Waals surface area contributed by atoms with Crippen LogP contribution < -0.4 is 4.90 Å². The Bertz CT molecular complexity index is 2530. The molecular weight excluding hydrogens is 595 g/mol. The van der Waals surface area contributed by atoms with Crippen molar-refractivity contribution in [2.24, 2.45) is 0 Å². The van der Waals surface area contributed by atoms with Crippen LogP contribution in [0.25, 0.3) is 65.3 Å². The minimum atomic E-state index is 0.618. The van der Waals surface area contributed by atoms with Crippen LogP contribution >= 0.6 is 23.1 Å². The summed E-state index contributed by atoms with van der Waals surface area (Å²) in [5.74, 6) is 1.24. The minimum Gasteiger partial charge on any atom is -0.436 e. The average molecular weight is 616 g/mol. The number of fused-ring (bicyclic) bond motifs is 7. The number of anilines is 3. The number of rotatable bonds is 3. The van der Waals surface area contributed by atoms with Gasteiger partial charge in [0.1, 0.15) is 11.0 Å². The van der Waals surface area contributed by atoms with Crippen molar-refractivity contribution in [3.63, 3.8) is 0 Å². The Balaban J connectivity index is 1.13. The number of para-hydroxylation sites is 4. The van der Waals surface area contributed by atoms with Crippen molar-refractivity contribution in [3.05, 3.63) is 127 Å². The van der Waals surface area contributed by atoms with E-state index >= 15 is 0 Å². The zero-order chi connectivity index (χ0) is 29.5. The molecule has 0 atom stereocenters. The molecule has 0 saturated heterocycles. The summed E-state index contributed by atoms with van der Waals surface area (Å²) in [5.41, 5.74) is 8.52. The molecule has 0 spiro atoms. The fraction of sp³-hybridized carbons (Fsp3) is 0.